The molecule has 8 heteroatoms. The van der Waals surface area contributed by atoms with Crippen molar-refractivity contribution in [1.29, 1.82) is 0 Å². The summed E-state index contributed by atoms with van der Waals surface area (Å²) < 4.78 is 57.5. The van der Waals surface area contributed by atoms with Gasteiger partial charge in [0, 0.05) is 23.4 Å². The molecule has 1 aromatic carbocycles. The Morgan fingerprint density at radius 3 is 2.58 bits per heavy atom. The maximum atomic E-state index is 12.7. The molecule has 0 spiro atoms. The molecule has 0 radical (unpaired) electrons. The molecule has 0 saturated heterocycles. The molecule has 0 aliphatic heterocycles. The van der Waals surface area contributed by atoms with E-state index in [2.05, 4.69) is 20.7 Å². The van der Waals surface area contributed by atoms with Gasteiger partial charge in [0.05, 0.1) is 7.11 Å². The van der Waals surface area contributed by atoms with E-state index < -0.39 is 34.8 Å². The summed E-state index contributed by atoms with van der Waals surface area (Å²) >= 11 is 3.17. The van der Waals surface area contributed by atoms with Gasteiger partial charge in [0.1, 0.15) is 10.6 Å². The first-order chi connectivity index (χ1) is 8.73. The zero-order valence-electron chi connectivity index (χ0n) is 9.99. The van der Waals surface area contributed by atoms with Gasteiger partial charge in [0.15, 0.2) is 0 Å². The molecule has 0 aromatic heterocycles. The second kappa shape index (κ2) is 4.99. The van der Waals surface area contributed by atoms with E-state index >= 15 is 0 Å². The average Bonchev–Trinajstić information content (AvgIpc) is 2.26. The molecule has 1 aliphatic rings. The summed E-state index contributed by atoms with van der Waals surface area (Å²) in [5.74, 6) is -2.60. The molecule has 0 bridgehead atoms. The van der Waals surface area contributed by atoms with E-state index in [0.717, 1.165) is 0 Å². The van der Waals surface area contributed by atoms with E-state index in [1.54, 1.807) is 6.07 Å². The largest absolute Gasteiger partial charge is 0.495 e. The summed E-state index contributed by atoms with van der Waals surface area (Å²) in [7, 11) is -2.53. The van der Waals surface area contributed by atoms with Gasteiger partial charge in [-0.1, -0.05) is 15.9 Å². The van der Waals surface area contributed by atoms with Crippen LogP contribution in [0.2, 0.25) is 0 Å². The summed E-state index contributed by atoms with van der Waals surface area (Å²) in [6.07, 6.45) is -0.939. The Hall–Kier alpha value is -0.730. The first-order valence-corrected chi connectivity index (χ1v) is 7.75. The smallest absolute Gasteiger partial charge is 0.251 e. The van der Waals surface area contributed by atoms with Gasteiger partial charge in [0.25, 0.3) is 5.92 Å². The summed E-state index contributed by atoms with van der Waals surface area (Å²) in [6, 6.07) is 3.77. The van der Waals surface area contributed by atoms with Crippen LogP contribution in [0, 0.1) is 0 Å². The van der Waals surface area contributed by atoms with Crippen molar-refractivity contribution in [1.82, 2.24) is 4.72 Å². The minimum absolute atomic E-state index is 0.0698. The Balaban J connectivity index is 2.22. The van der Waals surface area contributed by atoms with Gasteiger partial charge >= 0.3 is 0 Å². The molecule has 0 atom stereocenters. The lowest BCUT2D eigenvalue weighted by Gasteiger charge is -2.35. The topological polar surface area (TPSA) is 55.4 Å². The molecule has 19 heavy (non-hydrogen) atoms. The van der Waals surface area contributed by atoms with E-state index in [4.69, 9.17) is 4.74 Å². The van der Waals surface area contributed by atoms with Crippen molar-refractivity contribution in [2.75, 3.05) is 7.11 Å². The molecule has 2 rings (SSSR count). The molecular weight excluding hydrogens is 344 g/mol. The van der Waals surface area contributed by atoms with E-state index in [9.17, 15) is 17.2 Å². The van der Waals surface area contributed by atoms with E-state index in [-0.39, 0.29) is 10.6 Å². The Labute approximate surface area is 118 Å². The summed E-state index contributed by atoms with van der Waals surface area (Å²) in [6.45, 7) is 0. The maximum absolute atomic E-state index is 12.7. The summed E-state index contributed by atoms with van der Waals surface area (Å²) in [5.41, 5.74) is 0. The Morgan fingerprint density at radius 2 is 2.05 bits per heavy atom. The van der Waals surface area contributed by atoms with Gasteiger partial charge in [-0.3, -0.25) is 0 Å². The highest BCUT2D eigenvalue weighted by Crippen LogP contribution is 2.38. The van der Waals surface area contributed by atoms with Crippen molar-refractivity contribution in [2.45, 2.75) is 29.7 Å². The van der Waals surface area contributed by atoms with Crippen molar-refractivity contribution >= 4 is 26.0 Å². The zero-order valence-corrected chi connectivity index (χ0v) is 12.4. The molecule has 1 fully saturated rings. The number of hydrogen-bond acceptors (Lipinski definition) is 3. The molecule has 1 saturated carbocycles. The van der Waals surface area contributed by atoms with Crippen LogP contribution >= 0.6 is 15.9 Å². The normalized spacial score (nSPS) is 18.9. The molecule has 0 unspecified atom stereocenters. The quantitative estimate of drug-likeness (QED) is 0.902. The van der Waals surface area contributed by atoms with Crippen molar-refractivity contribution in [3.63, 3.8) is 0 Å². The van der Waals surface area contributed by atoms with Gasteiger partial charge in [-0.2, -0.15) is 0 Å². The van der Waals surface area contributed by atoms with Crippen molar-refractivity contribution < 1.29 is 21.9 Å². The molecule has 106 valence electrons. The summed E-state index contributed by atoms with van der Waals surface area (Å²) in [5, 5.41) is 0. The third-order valence-electron chi connectivity index (χ3n) is 2.83. The van der Waals surface area contributed by atoms with E-state index in [1.807, 2.05) is 0 Å². The van der Waals surface area contributed by atoms with Crippen LogP contribution in [0.1, 0.15) is 12.8 Å². The molecule has 1 aromatic rings. The minimum Gasteiger partial charge on any atom is -0.495 e. The standard InChI is InChI=1S/C11H12BrF2NO3S/c1-18-9-3-2-7(12)4-10(9)19(16,17)15-8-5-11(13,14)6-8/h2-4,8,15H,5-6H2,1H3. The van der Waals surface area contributed by atoms with Crippen LogP contribution in [0.3, 0.4) is 0 Å². The van der Waals surface area contributed by atoms with Crippen LogP contribution in [0.15, 0.2) is 27.6 Å². The van der Waals surface area contributed by atoms with Crippen LogP contribution in [-0.2, 0) is 10.0 Å². The van der Waals surface area contributed by atoms with Crippen LogP contribution in [0.4, 0.5) is 8.78 Å². The van der Waals surface area contributed by atoms with Gasteiger partial charge in [-0.25, -0.2) is 21.9 Å². The number of rotatable bonds is 4. The number of sulfonamides is 1. The van der Waals surface area contributed by atoms with Crippen LogP contribution in [0.25, 0.3) is 0 Å². The fraction of sp³-hybridized carbons (Fsp3) is 0.455. The van der Waals surface area contributed by atoms with Gasteiger partial charge in [-0.05, 0) is 18.2 Å². The highest BCUT2D eigenvalue weighted by Gasteiger charge is 2.47. The third kappa shape index (κ3) is 3.24. The lowest BCUT2D eigenvalue weighted by atomic mass is 9.89. The van der Waals surface area contributed by atoms with Gasteiger partial charge in [-0.15, -0.1) is 0 Å². The monoisotopic (exact) mass is 355 g/mol. The highest BCUT2D eigenvalue weighted by atomic mass is 79.9. The Morgan fingerprint density at radius 1 is 1.42 bits per heavy atom. The van der Waals surface area contributed by atoms with Gasteiger partial charge in [0.2, 0.25) is 10.0 Å². The zero-order chi connectivity index (χ0) is 14.3. The van der Waals surface area contributed by atoms with E-state index in [1.165, 1.54) is 19.2 Å². The second-order valence-electron chi connectivity index (χ2n) is 4.38. The molecule has 0 heterocycles. The second-order valence-corrected chi connectivity index (χ2v) is 6.98. The Kier molecular flexibility index (Phi) is 3.85. The van der Waals surface area contributed by atoms with Crippen LogP contribution in [-0.4, -0.2) is 27.5 Å². The van der Waals surface area contributed by atoms with Crippen molar-refractivity contribution in [2.24, 2.45) is 0 Å². The summed E-state index contributed by atoms with van der Waals surface area (Å²) in [4.78, 5) is -0.0698. The van der Waals surface area contributed by atoms with Crippen LogP contribution < -0.4 is 9.46 Å². The van der Waals surface area contributed by atoms with Crippen molar-refractivity contribution in [3.8, 4) is 5.75 Å². The lowest BCUT2D eigenvalue weighted by molar-refractivity contribution is -0.0876. The number of nitrogens with one attached hydrogen (secondary N) is 1. The number of halogens is 3. The predicted molar refractivity (Wildman–Crippen MR) is 69.0 cm³/mol. The van der Waals surface area contributed by atoms with Crippen LogP contribution in [0.5, 0.6) is 5.75 Å². The lowest BCUT2D eigenvalue weighted by Crippen LogP contribution is -2.50. The minimum atomic E-state index is -3.87. The number of ether oxygens (including phenoxy) is 1. The molecule has 1 N–H and O–H groups in total. The molecule has 1 aliphatic carbocycles. The fourth-order valence-corrected chi connectivity index (χ4v) is 3.83. The third-order valence-corrected chi connectivity index (χ3v) is 4.86. The first-order valence-electron chi connectivity index (χ1n) is 5.47. The first kappa shape index (κ1) is 14.7. The molecule has 4 nitrogen and oxygen atoms in total. The highest BCUT2D eigenvalue weighted by molar-refractivity contribution is 9.10. The molecule has 0 amide bonds. The SMILES string of the molecule is COc1ccc(Br)cc1S(=O)(=O)NC1CC(F)(F)C1. The Bertz CT molecular complexity index is 584. The number of benzene rings is 1. The predicted octanol–water partition coefficient (Wildman–Crippen LogP) is 2.53. The number of hydrogen-bond donors (Lipinski definition) is 1. The number of methoxy groups -OCH3 is 1. The maximum Gasteiger partial charge on any atom is 0.251 e. The fourth-order valence-electron chi connectivity index (χ4n) is 1.89. The molecular formula is C11H12BrF2NO3S. The van der Waals surface area contributed by atoms with E-state index in [0.29, 0.717) is 4.47 Å². The number of alkyl halides is 2. The van der Waals surface area contributed by atoms with Crippen molar-refractivity contribution in [3.05, 3.63) is 22.7 Å². The average molecular weight is 356 g/mol. The van der Waals surface area contributed by atoms with Gasteiger partial charge < -0.3 is 4.74 Å².